The summed E-state index contributed by atoms with van der Waals surface area (Å²) in [5.41, 5.74) is 0. The number of aliphatic carboxylic acids is 1. The van der Waals surface area contributed by atoms with Gasteiger partial charge in [0, 0.05) is 19.3 Å². The third-order valence-corrected chi connectivity index (χ3v) is 14.0. The normalized spacial score (nSPS) is 18.4. The van der Waals surface area contributed by atoms with Crippen molar-refractivity contribution >= 4 is 23.9 Å². The van der Waals surface area contributed by atoms with Gasteiger partial charge in [-0.1, -0.05) is 254 Å². The summed E-state index contributed by atoms with van der Waals surface area (Å²) in [6.45, 7) is 5.72. The summed E-state index contributed by atoms with van der Waals surface area (Å²) >= 11 is 0. The van der Waals surface area contributed by atoms with Crippen molar-refractivity contribution in [3.05, 3.63) is 85.1 Å². The number of rotatable bonds is 53. The first kappa shape index (κ1) is 72.9. The Bertz CT molecular complexity index is 1700. The van der Waals surface area contributed by atoms with Crippen molar-refractivity contribution in [1.29, 1.82) is 0 Å². The predicted molar refractivity (Wildman–Crippen MR) is 321 cm³/mol. The highest BCUT2D eigenvalue weighted by molar-refractivity contribution is 5.74. The molecule has 79 heavy (non-hydrogen) atoms. The summed E-state index contributed by atoms with van der Waals surface area (Å²) < 4.78 is 28.4. The molecule has 0 aromatic carbocycles. The van der Waals surface area contributed by atoms with E-state index in [0.29, 0.717) is 25.7 Å². The zero-order valence-corrected chi connectivity index (χ0v) is 49.8. The number of aliphatic hydroxyl groups is 2. The lowest BCUT2D eigenvalue weighted by molar-refractivity contribution is -0.301. The van der Waals surface area contributed by atoms with Crippen LogP contribution in [0.4, 0.5) is 0 Å². The quantitative estimate of drug-likeness (QED) is 0.0228. The molecule has 0 saturated carbocycles. The molecule has 1 aliphatic heterocycles. The smallest absolute Gasteiger partial charge is 0.335 e. The monoisotopic (exact) mass is 1110 g/mol. The molecule has 0 aromatic heterocycles. The van der Waals surface area contributed by atoms with Gasteiger partial charge in [0.05, 0.1) is 6.61 Å². The van der Waals surface area contributed by atoms with Gasteiger partial charge in [-0.15, -0.1) is 0 Å². The second-order valence-electron chi connectivity index (χ2n) is 21.3. The highest BCUT2D eigenvalue weighted by Gasteiger charge is 2.50. The largest absolute Gasteiger partial charge is 0.479 e. The molecular formula is C67H112O12. The van der Waals surface area contributed by atoms with Gasteiger partial charge in [0.15, 0.2) is 24.6 Å². The van der Waals surface area contributed by atoms with Crippen LogP contribution >= 0.6 is 0 Å². The number of ether oxygens (including phenoxy) is 5. The van der Waals surface area contributed by atoms with Crippen LogP contribution in [0.15, 0.2) is 85.1 Å². The number of carboxylic acid groups (broad SMARTS) is 1. The van der Waals surface area contributed by atoms with Crippen molar-refractivity contribution in [2.24, 2.45) is 0 Å². The molecule has 1 heterocycles. The molecule has 0 aromatic rings. The van der Waals surface area contributed by atoms with Gasteiger partial charge in [0.1, 0.15) is 18.8 Å². The van der Waals surface area contributed by atoms with Gasteiger partial charge in [0.25, 0.3) is 0 Å². The van der Waals surface area contributed by atoms with Crippen LogP contribution in [0, 0.1) is 0 Å². The molecule has 1 fully saturated rings. The van der Waals surface area contributed by atoms with Crippen molar-refractivity contribution in [1.82, 2.24) is 0 Å². The minimum absolute atomic E-state index is 0.0377. The summed E-state index contributed by atoms with van der Waals surface area (Å²) in [6.07, 6.45) is 58.5. The molecule has 0 aliphatic carbocycles. The van der Waals surface area contributed by atoms with Gasteiger partial charge in [-0.2, -0.15) is 0 Å². The van der Waals surface area contributed by atoms with Gasteiger partial charge >= 0.3 is 23.9 Å². The van der Waals surface area contributed by atoms with Gasteiger partial charge in [-0.05, 0) is 77.0 Å². The Morgan fingerprint density at radius 3 is 1.27 bits per heavy atom. The summed E-state index contributed by atoms with van der Waals surface area (Å²) in [7, 11) is 0. The first-order valence-electron chi connectivity index (χ1n) is 31.6. The molecule has 1 aliphatic rings. The van der Waals surface area contributed by atoms with Crippen LogP contribution in [0.5, 0.6) is 0 Å². The Hall–Kier alpha value is -4.10. The van der Waals surface area contributed by atoms with Crippen molar-refractivity contribution in [2.45, 2.75) is 302 Å². The Balaban J connectivity index is 2.67. The van der Waals surface area contributed by atoms with E-state index in [1.807, 2.05) is 12.2 Å². The number of aliphatic hydroxyl groups excluding tert-OH is 2. The summed E-state index contributed by atoms with van der Waals surface area (Å²) in [4.78, 5) is 51.2. The van der Waals surface area contributed by atoms with Crippen LogP contribution < -0.4 is 0 Å². The van der Waals surface area contributed by atoms with Gasteiger partial charge in [0.2, 0.25) is 0 Å². The van der Waals surface area contributed by atoms with E-state index >= 15 is 0 Å². The summed E-state index contributed by atoms with van der Waals surface area (Å²) in [5, 5.41) is 31.5. The molecule has 0 amide bonds. The zero-order chi connectivity index (χ0) is 57.5. The first-order valence-corrected chi connectivity index (χ1v) is 31.6. The van der Waals surface area contributed by atoms with E-state index in [-0.39, 0.29) is 25.9 Å². The maximum Gasteiger partial charge on any atom is 0.335 e. The molecule has 1 rings (SSSR count). The molecule has 12 heteroatoms. The number of unbranched alkanes of at least 4 members (excludes halogenated alkanes) is 25. The number of allylic oxidation sites excluding steroid dienone is 14. The van der Waals surface area contributed by atoms with E-state index in [1.165, 1.54) is 96.3 Å². The lowest BCUT2D eigenvalue weighted by Crippen LogP contribution is -2.61. The molecule has 0 radical (unpaired) electrons. The maximum absolute atomic E-state index is 13.1. The van der Waals surface area contributed by atoms with Crippen LogP contribution in [0.1, 0.15) is 265 Å². The number of hydrogen-bond acceptors (Lipinski definition) is 11. The Kier molecular flexibility index (Phi) is 50.3. The second-order valence-corrected chi connectivity index (χ2v) is 21.3. The van der Waals surface area contributed by atoms with Crippen LogP contribution in [0.25, 0.3) is 0 Å². The Morgan fingerprint density at radius 1 is 0.430 bits per heavy atom. The second kappa shape index (κ2) is 54.5. The third-order valence-electron chi connectivity index (χ3n) is 14.0. The van der Waals surface area contributed by atoms with Gasteiger partial charge in [-0.25, -0.2) is 4.79 Å². The van der Waals surface area contributed by atoms with E-state index < -0.39 is 67.3 Å². The Morgan fingerprint density at radius 2 is 0.823 bits per heavy atom. The number of hydrogen-bond donors (Lipinski definition) is 3. The summed E-state index contributed by atoms with van der Waals surface area (Å²) in [6, 6.07) is 0. The number of carboxylic acids is 1. The third kappa shape index (κ3) is 44.3. The number of carbonyl (C=O) groups excluding carboxylic acids is 3. The molecule has 3 N–H and O–H groups in total. The lowest BCUT2D eigenvalue weighted by atomic mass is 9.98. The fourth-order valence-corrected chi connectivity index (χ4v) is 9.22. The van der Waals surface area contributed by atoms with Crippen molar-refractivity contribution < 1.29 is 58.2 Å². The fraction of sp³-hybridized carbons (Fsp3) is 0.731. The molecule has 6 atom stereocenters. The Labute approximate surface area is 480 Å². The van der Waals surface area contributed by atoms with E-state index in [0.717, 1.165) is 103 Å². The first-order chi connectivity index (χ1) is 38.6. The average molecular weight is 1110 g/mol. The molecule has 1 saturated heterocycles. The minimum atomic E-state index is -1.92. The molecule has 12 nitrogen and oxygen atoms in total. The predicted octanol–water partition coefficient (Wildman–Crippen LogP) is 16.7. The van der Waals surface area contributed by atoms with Crippen LogP contribution in [0.2, 0.25) is 0 Å². The number of esters is 3. The maximum atomic E-state index is 13.1. The number of carbonyl (C=O) groups is 4. The highest BCUT2D eigenvalue weighted by Crippen LogP contribution is 2.26. The topological polar surface area (TPSA) is 175 Å². The van der Waals surface area contributed by atoms with E-state index in [2.05, 4.69) is 93.7 Å². The van der Waals surface area contributed by atoms with E-state index in [4.69, 9.17) is 23.7 Å². The van der Waals surface area contributed by atoms with Crippen molar-refractivity contribution in [2.75, 3.05) is 13.2 Å². The molecule has 6 unspecified atom stereocenters. The average Bonchev–Trinajstić information content (AvgIpc) is 3.43. The standard InChI is InChI=1S/C67H112O12/c1-4-7-10-13-16-19-22-25-27-29-30-32-34-37-40-43-46-49-52-55-61(70)78-65-63(72)62(71)64(66(73)74)79-67(65)76-57-58(77-60(69)54-51-48-45-42-39-35-24-21-18-15-12-9-6-3)56-75-59(68)53-50-47-44-41-38-36-33-31-28-26-23-20-17-14-11-8-5-2/h8-9,11-12,17-18,20-21,26,28,35,39,45,48,58,62-65,67,71-72H,4-7,10,13-16,19,22-25,27,29-34,36-38,40-44,46-47,49-57H2,1-3H3,(H,73,74)/b11-8-,12-9-,20-17-,21-18-,28-26-,39-35-,48-45-. The van der Waals surface area contributed by atoms with Crippen LogP contribution in [-0.4, -0.2) is 89.2 Å². The zero-order valence-electron chi connectivity index (χ0n) is 49.8. The SMILES string of the molecule is CC/C=C\C/C=C\C/C=C\C/C=C\CCC(=O)OC(COC(=O)CCCCCCCCC/C=C\C/C=C\C/C=C\CC)COC1OC(C(=O)O)C(O)C(O)C1OC(=O)CCCCCCCCCCCCCCCCCCCCC. The van der Waals surface area contributed by atoms with E-state index in [1.54, 1.807) is 0 Å². The van der Waals surface area contributed by atoms with Crippen molar-refractivity contribution in [3.63, 3.8) is 0 Å². The lowest BCUT2D eigenvalue weighted by Gasteiger charge is -2.40. The minimum Gasteiger partial charge on any atom is -0.479 e. The van der Waals surface area contributed by atoms with Crippen LogP contribution in [0.3, 0.4) is 0 Å². The van der Waals surface area contributed by atoms with Crippen molar-refractivity contribution in [3.8, 4) is 0 Å². The van der Waals surface area contributed by atoms with E-state index in [9.17, 15) is 34.5 Å². The van der Waals surface area contributed by atoms with Gasteiger partial charge < -0.3 is 39.0 Å². The molecule has 452 valence electrons. The molecular weight excluding hydrogens is 997 g/mol. The van der Waals surface area contributed by atoms with Crippen LogP contribution in [-0.2, 0) is 42.9 Å². The highest BCUT2D eigenvalue weighted by atomic mass is 16.7. The molecule has 0 spiro atoms. The molecule has 0 bridgehead atoms. The summed E-state index contributed by atoms with van der Waals surface area (Å²) in [5.74, 6) is -3.23. The van der Waals surface area contributed by atoms with Gasteiger partial charge in [-0.3, -0.25) is 14.4 Å². The fourth-order valence-electron chi connectivity index (χ4n) is 9.22.